The molecule has 10 heteroatoms. The molecular weight excluding hydrogens is 528 g/mol. The zero-order chi connectivity index (χ0) is 28.9. The van der Waals surface area contributed by atoms with Gasteiger partial charge in [0.1, 0.15) is 6.04 Å². The Morgan fingerprint density at radius 2 is 1.43 bits per heavy atom. The van der Waals surface area contributed by atoms with Crippen molar-refractivity contribution in [2.45, 2.75) is 38.1 Å². The summed E-state index contributed by atoms with van der Waals surface area (Å²) in [6, 6.07) is 19.6. The van der Waals surface area contributed by atoms with Crippen molar-refractivity contribution in [2.75, 3.05) is 10.6 Å². The highest BCUT2D eigenvalue weighted by molar-refractivity contribution is 7.89. The van der Waals surface area contributed by atoms with E-state index in [9.17, 15) is 23.1 Å². The number of carboxylic acids is 1. The van der Waals surface area contributed by atoms with Gasteiger partial charge in [-0.1, -0.05) is 54.1 Å². The molecule has 1 atom stereocenters. The average molecular weight is 559 g/mol. The van der Waals surface area contributed by atoms with Crippen molar-refractivity contribution in [2.24, 2.45) is 0 Å². The van der Waals surface area contributed by atoms with Crippen LogP contribution in [0.1, 0.15) is 22.3 Å². The summed E-state index contributed by atoms with van der Waals surface area (Å²) in [5, 5.41) is 15.3. The molecule has 206 valence electrons. The van der Waals surface area contributed by atoms with E-state index in [1.807, 2.05) is 31.2 Å². The molecule has 3 aromatic carbocycles. The highest BCUT2D eigenvalue weighted by atomic mass is 32.2. The van der Waals surface area contributed by atoms with Crippen LogP contribution in [0, 0.1) is 20.8 Å². The van der Waals surface area contributed by atoms with E-state index in [0.29, 0.717) is 28.1 Å². The number of aromatic nitrogens is 1. The predicted octanol–water partition coefficient (Wildman–Crippen LogP) is 5.29. The fourth-order valence-electron chi connectivity index (χ4n) is 4.60. The van der Waals surface area contributed by atoms with Crippen LogP contribution in [0.3, 0.4) is 0 Å². The van der Waals surface area contributed by atoms with Crippen molar-refractivity contribution in [1.29, 1.82) is 0 Å². The van der Waals surface area contributed by atoms with Gasteiger partial charge < -0.3 is 15.7 Å². The number of rotatable bonds is 9. The van der Waals surface area contributed by atoms with Crippen molar-refractivity contribution >= 4 is 33.4 Å². The largest absolute Gasteiger partial charge is 0.480 e. The number of aryl methyl sites for hydroxylation is 3. The van der Waals surface area contributed by atoms with Crippen molar-refractivity contribution in [3.8, 4) is 11.1 Å². The number of pyridine rings is 1. The highest BCUT2D eigenvalue weighted by Gasteiger charge is 2.28. The third-order valence-electron chi connectivity index (χ3n) is 6.25. The summed E-state index contributed by atoms with van der Waals surface area (Å²) < 4.78 is 28.7. The van der Waals surface area contributed by atoms with E-state index in [2.05, 4.69) is 20.3 Å². The Labute approximate surface area is 233 Å². The quantitative estimate of drug-likeness (QED) is 0.220. The molecule has 0 saturated heterocycles. The number of urea groups is 1. The number of hydrogen-bond donors (Lipinski definition) is 4. The molecule has 0 aliphatic rings. The van der Waals surface area contributed by atoms with Crippen LogP contribution in [-0.4, -0.2) is 36.6 Å². The number of carbonyl (C=O) groups excluding carboxylic acids is 1. The lowest BCUT2D eigenvalue weighted by molar-refractivity contribution is -0.138. The summed E-state index contributed by atoms with van der Waals surface area (Å²) >= 11 is 0. The minimum atomic E-state index is -4.07. The van der Waals surface area contributed by atoms with Gasteiger partial charge in [-0.2, -0.15) is 4.72 Å². The van der Waals surface area contributed by atoms with Gasteiger partial charge in [-0.05, 0) is 79.3 Å². The number of carbonyl (C=O) groups is 2. The summed E-state index contributed by atoms with van der Waals surface area (Å²) in [5.41, 5.74) is 5.58. The van der Waals surface area contributed by atoms with Gasteiger partial charge >= 0.3 is 12.0 Å². The molecule has 1 unspecified atom stereocenters. The number of anilines is 2. The molecule has 0 radical (unpaired) electrons. The molecule has 4 aromatic rings. The van der Waals surface area contributed by atoms with Gasteiger partial charge in [0, 0.05) is 23.8 Å². The topological polar surface area (TPSA) is 137 Å². The van der Waals surface area contributed by atoms with Gasteiger partial charge in [-0.25, -0.2) is 13.2 Å². The zero-order valence-electron chi connectivity index (χ0n) is 22.3. The first-order chi connectivity index (χ1) is 19.0. The van der Waals surface area contributed by atoms with Gasteiger partial charge in [0.05, 0.1) is 4.90 Å². The molecule has 9 nitrogen and oxygen atoms in total. The second kappa shape index (κ2) is 12.1. The van der Waals surface area contributed by atoms with E-state index in [0.717, 1.165) is 16.7 Å². The van der Waals surface area contributed by atoms with Crippen molar-refractivity contribution < 1.29 is 23.1 Å². The zero-order valence-corrected chi connectivity index (χ0v) is 23.1. The average Bonchev–Trinajstić information content (AvgIpc) is 2.88. The fraction of sp³-hybridized carbons (Fsp3) is 0.167. The summed E-state index contributed by atoms with van der Waals surface area (Å²) in [7, 11) is -4.07. The lowest BCUT2D eigenvalue weighted by atomic mass is 9.99. The first kappa shape index (κ1) is 28.5. The van der Waals surface area contributed by atoms with E-state index in [1.54, 1.807) is 74.8 Å². The molecular formula is C30H30N4O5S. The molecule has 0 fully saturated rings. The van der Waals surface area contributed by atoms with Crippen molar-refractivity contribution in [3.63, 3.8) is 0 Å². The minimum Gasteiger partial charge on any atom is -0.480 e. The molecule has 0 bridgehead atoms. The molecule has 0 aliphatic carbocycles. The molecule has 0 aliphatic heterocycles. The Hall–Kier alpha value is -4.54. The van der Waals surface area contributed by atoms with Gasteiger partial charge in [0.25, 0.3) is 0 Å². The Balaban J connectivity index is 1.47. The van der Waals surface area contributed by atoms with E-state index >= 15 is 0 Å². The summed E-state index contributed by atoms with van der Waals surface area (Å²) in [6.45, 7) is 5.27. The minimum absolute atomic E-state index is 0.0405. The van der Waals surface area contributed by atoms with E-state index in [1.165, 1.54) is 0 Å². The van der Waals surface area contributed by atoms with Crippen LogP contribution < -0.4 is 15.4 Å². The van der Waals surface area contributed by atoms with Crippen LogP contribution in [-0.2, 0) is 21.2 Å². The maximum atomic E-state index is 13.2. The predicted molar refractivity (Wildman–Crippen MR) is 155 cm³/mol. The van der Waals surface area contributed by atoms with E-state index in [-0.39, 0.29) is 17.3 Å². The number of amides is 2. The number of hydrogen-bond acceptors (Lipinski definition) is 5. The molecule has 1 heterocycles. The number of benzene rings is 3. The highest BCUT2D eigenvalue weighted by Crippen LogP contribution is 2.25. The van der Waals surface area contributed by atoms with Crippen LogP contribution in [0.5, 0.6) is 0 Å². The standard InChI is InChI=1S/C30H30N4O5S/c1-19-15-20(2)28(21(3)16-19)40(38,39)34-27(29(35)36)18-22-5-4-6-24(17-22)23-7-9-25(10-8-23)32-30(37)33-26-11-13-31-14-12-26/h4-17,27,34H,18H2,1-3H3,(H,35,36)(H2,31,32,33,37). The Kier molecular flexibility index (Phi) is 8.61. The monoisotopic (exact) mass is 558 g/mol. The third-order valence-corrected chi connectivity index (χ3v) is 8.03. The maximum Gasteiger partial charge on any atom is 0.323 e. The lowest BCUT2D eigenvalue weighted by Crippen LogP contribution is -2.42. The molecule has 4 rings (SSSR count). The molecule has 40 heavy (non-hydrogen) atoms. The SMILES string of the molecule is Cc1cc(C)c(S(=O)(=O)NC(Cc2cccc(-c3ccc(NC(=O)Nc4ccncc4)cc3)c2)C(=O)O)c(C)c1. The summed E-state index contributed by atoms with van der Waals surface area (Å²) in [6.07, 6.45) is 3.12. The van der Waals surface area contributed by atoms with Crippen LogP contribution in [0.2, 0.25) is 0 Å². The van der Waals surface area contributed by atoms with Crippen molar-refractivity contribution in [3.05, 3.63) is 107 Å². The van der Waals surface area contributed by atoms with Gasteiger partial charge in [0.15, 0.2) is 0 Å². The fourth-order valence-corrected chi connectivity index (χ4v) is 6.25. The van der Waals surface area contributed by atoms with E-state index < -0.39 is 22.0 Å². The summed E-state index contributed by atoms with van der Waals surface area (Å²) in [4.78, 5) is 28.3. The maximum absolute atomic E-state index is 13.2. The first-order valence-electron chi connectivity index (χ1n) is 12.5. The van der Waals surface area contributed by atoms with Crippen LogP contribution >= 0.6 is 0 Å². The number of nitrogens with zero attached hydrogens (tertiary/aromatic N) is 1. The van der Waals surface area contributed by atoms with Crippen LogP contribution in [0.4, 0.5) is 16.2 Å². The summed E-state index contributed by atoms with van der Waals surface area (Å²) in [5.74, 6) is -1.27. The first-order valence-corrected chi connectivity index (χ1v) is 14.0. The Morgan fingerprint density at radius 1 is 0.825 bits per heavy atom. The molecule has 2 amide bonds. The number of nitrogens with one attached hydrogen (secondary N) is 3. The number of aliphatic carboxylic acids is 1. The van der Waals surface area contributed by atoms with Gasteiger partial charge in [0.2, 0.25) is 10.0 Å². The molecule has 0 saturated carbocycles. The van der Waals surface area contributed by atoms with Crippen molar-refractivity contribution in [1.82, 2.24) is 9.71 Å². The number of carboxylic acid groups (broad SMARTS) is 1. The van der Waals surface area contributed by atoms with Gasteiger partial charge in [-0.3, -0.25) is 9.78 Å². The molecule has 0 spiro atoms. The Morgan fingerprint density at radius 3 is 2.02 bits per heavy atom. The second-order valence-electron chi connectivity index (χ2n) is 9.54. The lowest BCUT2D eigenvalue weighted by Gasteiger charge is -2.18. The van der Waals surface area contributed by atoms with Crippen LogP contribution in [0.25, 0.3) is 11.1 Å². The van der Waals surface area contributed by atoms with E-state index in [4.69, 9.17) is 0 Å². The second-order valence-corrected chi connectivity index (χ2v) is 11.2. The third kappa shape index (κ3) is 7.10. The van der Waals surface area contributed by atoms with Gasteiger partial charge in [-0.15, -0.1) is 0 Å². The van der Waals surface area contributed by atoms with Crippen LogP contribution in [0.15, 0.2) is 90.1 Å². The number of sulfonamides is 1. The smallest absolute Gasteiger partial charge is 0.323 e. The molecule has 4 N–H and O–H groups in total. The normalized spacial score (nSPS) is 12.0. The Bertz CT molecular complexity index is 1620. The molecule has 1 aromatic heterocycles.